The van der Waals surface area contributed by atoms with Crippen LogP contribution < -0.4 is 5.73 Å². The quantitative estimate of drug-likeness (QED) is 0.815. The normalized spacial score (nSPS) is 12.7. The monoisotopic (exact) mass is 211 g/mol. The lowest BCUT2D eigenvalue weighted by atomic mass is 10.1. The fraction of sp³-hybridized carbons (Fsp3) is 0.111. The number of nitrogens with zero attached hydrogens (tertiary/aromatic N) is 2. The molecule has 6 heteroatoms. The summed E-state index contributed by atoms with van der Waals surface area (Å²) in [6.45, 7) is 0. The third-order valence-electron chi connectivity index (χ3n) is 1.97. The molecular weight excluding hydrogens is 204 g/mol. The molecule has 2 N–H and O–H groups in total. The highest BCUT2D eigenvalue weighted by atomic mass is 19.1. The van der Waals surface area contributed by atoms with E-state index >= 15 is 0 Å². The van der Waals surface area contributed by atoms with Crippen LogP contribution in [0, 0.1) is 11.6 Å². The molecule has 15 heavy (non-hydrogen) atoms. The standard InChI is InChI=1S/C9H7F2N3O/c10-5-2-1-3-6(11)7(5)8(12)9-13-4-15-14-9/h1-4,8H,12H2. The maximum atomic E-state index is 13.3. The Bertz CT molecular complexity index is 438. The molecule has 1 aromatic heterocycles. The summed E-state index contributed by atoms with van der Waals surface area (Å²) in [5.74, 6) is -1.42. The Hall–Kier alpha value is -1.82. The van der Waals surface area contributed by atoms with Gasteiger partial charge >= 0.3 is 0 Å². The molecule has 4 nitrogen and oxygen atoms in total. The average molecular weight is 211 g/mol. The van der Waals surface area contributed by atoms with E-state index in [9.17, 15) is 8.78 Å². The van der Waals surface area contributed by atoms with Gasteiger partial charge in [-0.3, -0.25) is 0 Å². The fourth-order valence-corrected chi connectivity index (χ4v) is 1.25. The molecule has 2 rings (SSSR count). The zero-order chi connectivity index (χ0) is 10.8. The summed E-state index contributed by atoms with van der Waals surface area (Å²) < 4.78 is 31.0. The van der Waals surface area contributed by atoms with Crippen molar-refractivity contribution in [3.63, 3.8) is 0 Å². The minimum absolute atomic E-state index is 0.0407. The van der Waals surface area contributed by atoms with Gasteiger partial charge in [-0.2, -0.15) is 4.98 Å². The van der Waals surface area contributed by atoms with Crippen LogP contribution in [0.3, 0.4) is 0 Å². The first-order valence-electron chi connectivity index (χ1n) is 4.16. The van der Waals surface area contributed by atoms with Crippen LogP contribution in [0.2, 0.25) is 0 Å². The van der Waals surface area contributed by atoms with Crippen LogP contribution >= 0.6 is 0 Å². The highest BCUT2D eigenvalue weighted by Crippen LogP contribution is 2.22. The highest BCUT2D eigenvalue weighted by molar-refractivity contribution is 5.27. The number of hydrogen-bond acceptors (Lipinski definition) is 4. The minimum atomic E-state index is -1.06. The van der Waals surface area contributed by atoms with Gasteiger partial charge in [0.2, 0.25) is 6.39 Å². The Kier molecular flexibility index (Phi) is 2.42. The predicted molar refractivity (Wildman–Crippen MR) is 46.7 cm³/mol. The van der Waals surface area contributed by atoms with Gasteiger partial charge in [0.1, 0.15) is 11.6 Å². The Labute approximate surface area is 83.7 Å². The maximum Gasteiger partial charge on any atom is 0.213 e. The van der Waals surface area contributed by atoms with Crippen molar-refractivity contribution in [1.29, 1.82) is 0 Å². The Morgan fingerprint density at radius 3 is 2.47 bits per heavy atom. The third-order valence-corrected chi connectivity index (χ3v) is 1.97. The highest BCUT2D eigenvalue weighted by Gasteiger charge is 2.21. The van der Waals surface area contributed by atoms with Crippen molar-refractivity contribution in [2.24, 2.45) is 5.73 Å². The average Bonchev–Trinajstić information content (AvgIpc) is 2.69. The van der Waals surface area contributed by atoms with Crippen molar-refractivity contribution >= 4 is 0 Å². The Balaban J connectivity index is 2.46. The molecule has 0 spiro atoms. The lowest BCUT2D eigenvalue weighted by molar-refractivity contribution is 0.405. The van der Waals surface area contributed by atoms with Crippen LogP contribution in [0.1, 0.15) is 17.4 Å². The molecular formula is C9H7F2N3O. The second-order valence-corrected chi connectivity index (χ2v) is 2.90. The summed E-state index contributed by atoms with van der Waals surface area (Å²) in [6, 6.07) is 2.44. The summed E-state index contributed by atoms with van der Waals surface area (Å²) in [4.78, 5) is 3.64. The molecule has 0 aliphatic rings. The lowest BCUT2D eigenvalue weighted by Gasteiger charge is -2.09. The zero-order valence-corrected chi connectivity index (χ0v) is 7.52. The van der Waals surface area contributed by atoms with Gasteiger partial charge in [-0.05, 0) is 12.1 Å². The van der Waals surface area contributed by atoms with Gasteiger partial charge in [0.05, 0.1) is 6.04 Å². The molecule has 2 aromatic rings. The molecule has 1 aromatic carbocycles. The van der Waals surface area contributed by atoms with Gasteiger partial charge in [-0.15, -0.1) is 0 Å². The van der Waals surface area contributed by atoms with Crippen molar-refractivity contribution in [2.45, 2.75) is 6.04 Å². The summed E-state index contributed by atoms with van der Waals surface area (Å²) in [5, 5.41) is 3.43. The van der Waals surface area contributed by atoms with Crippen molar-refractivity contribution in [2.75, 3.05) is 0 Å². The first kappa shape index (κ1) is 9.72. The van der Waals surface area contributed by atoms with Crippen LogP contribution in [-0.2, 0) is 0 Å². The van der Waals surface area contributed by atoms with E-state index in [1.165, 1.54) is 6.07 Å². The number of halogens is 2. The number of aromatic nitrogens is 2. The van der Waals surface area contributed by atoms with Crippen LogP contribution in [0.15, 0.2) is 29.1 Å². The zero-order valence-electron chi connectivity index (χ0n) is 7.52. The SMILES string of the molecule is NC(c1ncon1)c1c(F)cccc1F. The van der Waals surface area contributed by atoms with E-state index < -0.39 is 17.7 Å². The minimum Gasteiger partial charge on any atom is -0.343 e. The summed E-state index contributed by atoms with van der Waals surface area (Å²) in [5.41, 5.74) is 5.33. The fourth-order valence-electron chi connectivity index (χ4n) is 1.25. The van der Waals surface area contributed by atoms with Gasteiger partial charge in [-0.25, -0.2) is 8.78 Å². The summed E-state index contributed by atoms with van der Waals surface area (Å²) in [7, 11) is 0. The Morgan fingerprint density at radius 2 is 1.93 bits per heavy atom. The molecule has 78 valence electrons. The smallest absolute Gasteiger partial charge is 0.213 e. The third kappa shape index (κ3) is 1.71. The van der Waals surface area contributed by atoms with Crippen LogP contribution in [-0.4, -0.2) is 10.1 Å². The number of hydrogen-bond donors (Lipinski definition) is 1. The molecule has 0 radical (unpaired) electrons. The largest absolute Gasteiger partial charge is 0.343 e. The molecule has 1 heterocycles. The molecule has 0 fully saturated rings. The number of benzene rings is 1. The van der Waals surface area contributed by atoms with Gasteiger partial charge in [0.25, 0.3) is 0 Å². The van der Waals surface area contributed by atoms with Gasteiger partial charge in [0, 0.05) is 5.56 Å². The van der Waals surface area contributed by atoms with E-state index in [0.717, 1.165) is 18.5 Å². The predicted octanol–water partition coefficient (Wildman–Crippen LogP) is 1.40. The first-order valence-corrected chi connectivity index (χ1v) is 4.16. The van der Waals surface area contributed by atoms with E-state index in [2.05, 4.69) is 14.7 Å². The van der Waals surface area contributed by atoms with Crippen molar-refractivity contribution in [3.05, 3.63) is 47.6 Å². The number of rotatable bonds is 2. The molecule has 0 saturated carbocycles. The van der Waals surface area contributed by atoms with E-state index in [1.807, 2.05) is 0 Å². The van der Waals surface area contributed by atoms with Gasteiger partial charge < -0.3 is 10.3 Å². The summed E-state index contributed by atoms with van der Waals surface area (Å²) >= 11 is 0. The van der Waals surface area contributed by atoms with Gasteiger partial charge in [0.15, 0.2) is 5.82 Å². The maximum absolute atomic E-state index is 13.3. The topological polar surface area (TPSA) is 64.9 Å². The van der Waals surface area contributed by atoms with E-state index in [-0.39, 0.29) is 11.4 Å². The first-order chi connectivity index (χ1) is 7.20. The molecule has 0 amide bonds. The number of nitrogens with two attached hydrogens (primary N) is 1. The molecule has 0 saturated heterocycles. The molecule has 0 bridgehead atoms. The molecule has 0 aliphatic carbocycles. The summed E-state index contributed by atoms with van der Waals surface area (Å²) in [6.07, 6.45) is 1.05. The van der Waals surface area contributed by atoms with Crippen LogP contribution in [0.4, 0.5) is 8.78 Å². The lowest BCUT2D eigenvalue weighted by Crippen LogP contribution is -2.17. The van der Waals surface area contributed by atoms with E-state index in [4.69, 9.17) is 5.73 Å². The Morgan fingerprint density at radius 1 is 1.27 bits per heavy atom. The van der Waals surface area contributed by atoms with Gasteiger partial charge in [-0.1, -0.05) is 11.2 Å². The van der Waals surface area contributed by atoms with E-state index in [1.54, 1.807) is 0 Å². The second kappa shape index (κ2) is 3.74. The van der Waals surface area contributed by atoms with Crippen molar-refractivity contribution < 1.29 is 13.3 Å². The van der Waals surface area contributed by atoms with Crippen molar-refractivity contribution in [1.82, 2.24) is 10.1 Å². The molecule has 0 aliphatic heterocycles. The molecule has 1 unspecified atom stereocenters. The van der Waals surface area contributed by atoms with Crippen LogP contribution in [0.5, 0.6) is 0 Å². The molecule has 1 atom stereocenters. The van der Waals surface area contributed by atoms with Crippen LogP contribution in [0.25, 0.3) is 0 Å². The van der Waals surface area contributed by atoms with Crippen molar-refractivity contribution in [3.8, 4) is 0 Å². The second-order valence-electron chi connectivity index (χ2n) is 2.90. The van der Waals surface area contributed by atoms with E-state index in [0.29, 0.717) is 0 Å².